The summed E-state index contributed by atoms with van der Waals surface area (Å²) < 4.78 is 0. The lowest BCUT2D eigenvalue weighted by Crippen LogP contribution is -2.19. The number of nitrogens with one attached hydrogen (secondary N) is 2. The molecule has 4 heterocycles. The fraction of sp³-hybridized carbons (Fsp3) is 0.154. The summed E-state index contributed by atoms with van der Waals surface area (Å²) in [5.41, 5.74) is 5.91. The lowest BCUT2D eigenvalue weighted by atomic mass is 9.84. The molecule has 8 nitrogen and oxygen atoms in total. The minimum atomic E-state index is -0.284. The smallest absolute Gasteiger partial charge is 0.267 e. The molecule has 0 aliphatic rings. The molecule has 0 aliphatic heterocycles. The molecule has 0 aromatic carbocycles. The number of hydrazone groups is 2. The van der Waals surface area contributed by atoms with Crippen LogP contribution in [-0.4, -0.2) is 34.2 Å². The van der Waals surface area contributed by atoms with Crippen molar-refractivity contribution < 1.29 is 9.59 Å². The summed E-state index contributed by atoms with van der Waals surface area (Å²) in [7, 11) is 0. The predicted molar refractivity (Wildman–Crippen MR) is 144 cm³/mol. The topological polar surface area (TPSA) is 109 Å². The van der Waals surface area contributed by atoms with Crippen LogP contribution in [0.25, 0.3) is 0 Å². The number of carbonyl (C=O) groups is 2. The second-order valence-electron chi connectivity index (χ2n) is 7.96. The molecule has 2 N–H and O–H groups in total. The highest BCUT2D eigenvalue weighted by atomic mass is 32.1. The number of amides is 2. The monoisotopic (exact) mass is 516 g/mol. The van der Waals surface area contributed by atoms with Gasteiger partial charge in [-0.25, -0.2) is 10.9 Å². The Morgan fingerprint density at radius 2 is 1.19 bits per heavy atom. The third kappa shape index (κ3) is 5.96. The van der Waals surface area contributed by atoms with E-state index >= 15 is 0 Å². The summed E-state index contributed by atoms with van der Waals surface area (Å²) in [6, 6.07) is 14.7. The standard InChI is InChI=1S/C26H24N6O2S2/c1-3-26(2,22-6-4-20(35-22)16-29-31-24(33)18-8-12-27-13-9-18)23-7-5-21(36-23)17-30-32-25(34)19-10-14-28-15-11-19/h4-17H,3H2,1-2H3,(H,31,33)(H,32,34). The molecule has 0 fully saturated rings. The van der Waals surface area contributed by atoms with Crippen LogP contribution < -0.4 is 10.9 Å². The van der Waals surface area contributed by atoms with Gasteiger partial charge in [0.25, 0.3) is 11.8 Å². The quantitative estimate of drug-likeness (QED) is 0.245. The maximum atomic E-state index is 12.1. The van der Waals surface area contributed by atoms with Crippen molar-refractivity contribution in [3.05, 3.63) is 104 Å². The van der Waals surface area contributed by atoms with E-state index in [9.17, 15) is 9.59 Å². The number of pyridine rings is 2. The lowest BCUT2D eigenvalue weighted by Gasteiger charge is -2.25. The van der Waals surface area contributed by atoms with Gasteiger partial charge >= 0.3 is 0 Å². The zero-order valence-electron chi connectivity index (χ0n) is 19.7. The fourth-order valence-electron chi connectivity index (χ4n) is 3.35. The van der Waals surface area contributed by atoms with Crippen molar-refractivity contribution in [3.8, 4) is 0 Å². The minimum absolute atomic E-state index is 0.186. The Labute approximate surface area is 216 Å². The molecule has 4 aromatic rings. The second-order valence-corrected chi connectivity index (χ2v) is 10.2. The molecule has 0 bridgehead atoms. The van der Waals surface area contributed by atoms with E-state index in [-0.39, 0.29) is 17.2 Å². The Morgan fingerprint density at radius 3 is 1.58 bits per heavy atom. The van der Waals surface area contributed by atoms with E-state index in [1.54, 1.807) is 84.2 Å². The number of aromatic nitrogens is 2. The van der Waals surface area contributed by atoms with Crippen LogP contribution in [0.5, 0.6) is 0 Å². The highest BCUT2D eigenvalue weighted by molar-refractivity contribution is 7.15. The summed E-state index contributed by atoms with van der Waals surface area (Å²) in [5.74, 6) is -0.567. The van der Waals surface area contributed by atoms with Crippen LogP contribution in [0.1, 0.15) is 60.5 Å². The molecule has 0 atom stereocenters. The summed E-state index contributed by atoms with van der Waals surface area (Å²) in [5, 5.41) is 8.20. The SMILES string of the molecule is CCC(C)(c1ccc(C=NNC(=O)c2ccncc2)s1)c1ccc(C=NNC(=O)c2ccncc2)s1. The summed E-state index contributed by atoms with van der Waals surface area (Å²) in [6.45, 7) is 4.37. The van der Waals surface area contributed by atoms with Gasteiger partial charge in [-0.05, 0) is 61.9 Å². The molecule has 4 aromatic heterocycles. The molecule has 0 saturated heterocycles. The molecule has 0 spiro atoms. The van der Waals surface area contributed by atoms with E-state index in [1.807, 2.05) is 12.1 Å². The fourth-order valence-corrected chi connectivity index (χ4v) is 5.64. The van der Waals surface area contributed by atoms with Gasteiger partial charge < -0.3 is 0 Å². The number of rotatable bonds is 9. The van der Waals surface area contributed by atoms with Gasteiger partial charge in [0.05, 0.1) is 12.4 Å². The molecule has 0 aliphatic carbocycles. The normalized spacial score (nSPS) is 13.1. The first kappa shape index (κ1) is 25.1. The second kappa shape index (κ2) is 11.6. The third-order valence-electron chi connectivity index (χ3n) is 5.65. The Morgan fingerprint density at radius 1 is 0.778 bits per heavy atom. The molecule has 0 saturated carbocycles. The maximum Gasteiger partial charge on any atom is 0.271 e. The zero-order chi connectivity index (χ0) is 25.4. The van der Waals surface area contributed by atoms with Crippen LogP contribution in [0.3, 0.4) is 0 Å². The van der Waals surface area contributed by atoms with Gasteiger partial charge in [0.15, 0.2) is 0 Å². The lowest BCUT2D eigenvalue weighted by molar-refractivity contribution is 0.0947. The molecule has 0 unspecified atom stereocenters. The Hall–Kier alpha value is -4.02. The predicted octanol–water partition coefficient (Wildman–Crippen LogP) is 4.84. The van der Waals surface area contributed by atoms with Crippen molar-refractivity contribution in [1.29, 1.82) is 0 Å². The van der Waals surface area contributed by atoms with E-state index in [2.05, 4.69) is 57.0 Å². The largest absolute Gasteiger partial charge is 0.271 e. The highest BCUT2D eigenvalue weighted by Crippen LogP contribution is 2.41. The Bertz CT molecular complexity index is 1280. The Kier molecular flexibility index (Phi) is 8.09. The number of hydrogen-bond donors (Lipinski definition) is 2. The number of hydrogen-bond acceptors (Lipinski definition) is 8. The number of thiophene rings is 2. The van der Waals surface area contributed by atoms with Crippen molar-refractivity contribution in [2.24, 2.45) is 10.2 Å². The number of nitrogens with zero attached hydrogens (tertiary/aromatic N) is 4. The van der Waals surface area contributed by atoms with Crippen molar-refractivity contribution in [2.45, 2.75) is 25.7 Å². The van der Waals surface area contributed by atoms with Crippen LogP contribution in [0, 0.1) is 0 Å². The molecule has 0 radical (unpaired) electrons. The van der Waals surface area contributed by atoms with Crippen LogP contribution in [0.2, 0.25) is 0 Å². The van der Waals surface area contributed by atoms with Crippen molar-refractivity contribution in [1.82, 2.24) is 20.8 Å². The van der Waals surface area contributed by atoms with E-state index in [1.165, 1.54) is 9.75 Å². The van der Waals surface area contributed by atoms with Gasteiger partial charge in [0.2, 0.25) is 0 Å². The van der Waals surface area contributed by atoms with E-state index < -0.39 is 0 Å². The van der Waals surface area contributed by atoms with Crippen LogP contribution in [-0.2, 0) is 5.41 Å². The molecule has 4 rings (SSSR count). The summed E-state index contributed by atoms with van der Waals surface area (Å²) in [4.78, 5) is 36.4. The van der Waals surface area contributed by atoms with Crippen molar-refractivity contribution in [2.75, 3.05) is 0 Å². The highest BCUT2D eigenvalue weighted by Gasteiger charge is 2.30. The van der Waals surface area contributed by atoms with E-state index in [4.69, 9.17) is 0 Å². The Balaban J connectivity index is 1.40. The van der Waals surface area contributed by atoms with Gasteiger partial charge in [-0.2, -0.15) is 10.2 Å². The maximum absolute atomic E-state index is 12.1. The molecule has 36 heavy (non-hydrogen) atoms. The molecule has 182 valence electrons. The number of carbonyl (C=O) groups excluding carboxylic acids is 2. The average Bonchev–Trinajstić information content (AvgIpc) is 3.60. The van der Waals surface area contributed by atoms with Crippen molar-refractivity contribution >= 4 is 46.9 Å². The summed E-state index contributed by atoms with van der Waals surface area (Å²) >= 11 is 3.27. The van der Waals surface area contributed by atoms with Gasteiger partial charge in [-0.15, -0.1) is 22.7 Å². The van der Waals surface area contributed by atoms with Gasteiger partial charge in [-0.1, -0.05) is 6.92 Å². The average molecular weight is 517 g/mol. The van der Waals surface area contributed by atoms with Crippen LogP contribution in [0.15, 0.2) is 83.5 Å². The van der Waals surface area contributed by atoms with Gasteiger partial charge in [0.1, 0.15) is 0 Å². The van der Waals surface area contributed by atoms with E-state index in [0.717, 1.165) is 16.2 Å². The summed E-state index contributed by atoms with van der Waals surface area (Å²) in [6.07, 6.45) is 10.5. The van der Waals surface area contributed by atoms with Gasteiger partial charge in [-0.3, -0.25) is 19.6 Å². The zero-order valence-corrected chi connectivity index (χ0v) is 21.3. The minimum Gasteiger partial charge on any atom is -0.267 e. The molecule has 2 amide bonds. The third-order valence-corrected chi connectivity index (χ3v) is 8.22. The van der Waals surface area contributed by atoms with Crippen LogP contribution in [0.4, 0.5) is 0 Å². The first-order valence-corrected chi connectivity index (χ1v) is 12.8. The first-order valence-electron chi connectivity index (χ1n) is 11.2. The van der Waals surface area contributed by atoms with Gasteiger partial charge in [0, 0.05) is 60.8 Å². The molecule has 10 heteroatoms. The van der Waals surface area contributed by atoms with Crippen molar-refractivity contribution in [3.63, 3.8) is 0 Å². The first-order chi connectivity index (χ1) is 17.5. The van der Waals surface area contributed by atoms with Crippen LogP contribution >= 0.6 is 22.7 Å². The van der Waals surface area contributed by atoms with E-state index in [0.29, 0.717) is 11.1 Å². The molecular formula is C26H24N6O2S2. The molecular weight excluding hydrogens is 492 g/mol.